The third-order valence-electron chi connectivity index (χ3n) is 2.69. The summed E-state index contributed by atoms with van der Waals surface area (Å²) in [5, 5.41) is 10.8. The Bertz CT molecular complexity index is 539. The van der Waals surface area contributed by atoms with Gasteiger partial charge in [-0.3, -0.25) is 0 Å². The van der Waals surface area contributed by atoms with Crippen LogP contribution in [0.5, 0.6) is 0 Å². The standard InChI is InChI=1S/C14H12ClFO/c1-9-7-11(15)5-6-13(9)14(17)10-3-2-4-12(16)8-10/h2-8,14,17H,1H3. The lowest BCUT2D eigenvalue weighted by atomic mass is 9.97. The van der Waals surface area contributed by atoms with Gasteiger partial charge in [0.05, 0.1) is 0 Å². The van der Waals surface area contributed by atoms with E-state index >= 15 is 0 Å². The Labute approximate surface area is 104 Å². The minimum Gasteiger partial charge on any atom is -0.384 e. The van der Waals surface area contributed by atoms with Crippen LogP contribution in [0.1, 0.15) is 22.8 Å². The predicted molar refractivity (Wildman–Crippen MR) is 66.7 cm³/mol. The summed E-state index contributed by atoms with van der Waals surface area (Å²) in [6.45, 7) is 1.86. The average molecular weight is 251 g/mol. The molecule has 1 atom stereocenters. The number of aliphatic hydroxyl groups is 1. The molecule has 2 aromatic carbocycles. The first kappa shape index (κ1) is 12.1. The fourth-order valence-corrected chi connectivity index (χ4v) is 2.03. The molecule has 0 spiro atoms. The van der Waals surface area contributed by atoms with Gasteiger partial charge in [-0.25, -0.2) is 4.39 Å². The maximum absolute atomic E-state index is 13.1. The Balaban J connectivity index is 2.40. The molecule has 88 valence electrons. The van der Waals surface area contributed by atoms with E-state index in [2.05, 4.69) is 0 Å². The molecule has 2 aromatic rings. The second kappa shape index (κ2) is 4.86. The Morgan fingerprint density at radius 3 is 2.59 bits per heavy atom. The lowest BCUT2D eigenvalue weighted by molar-refractivity contribution is 0.219. The quantitative estimate of drug-likeness (QED) is 0.858. The first-order valence-corrected chi connectivity index (χ1v) is 5.65. The van der Waals surface area contributed by atoms with Crippen molar-refractivity contribution in [3.8, 4) is 0 Å². The minimum atomic E-state index is -0.831. The zero-order valence-corrected chi connectivity index (χ0v) is 10.1. The van der Waals surface area contributed by atoms with Gasteiger partial charge in [0, 0.05) is 5.02 Å². The Kier molecular flexibility index (Phi) is 3.46. The van der Waals surface area contributed by atoms with Gasteiger partial charge in [-0.15, -0.1) is 0 Å². The molecule has 2 rings (SSSR count). The molecule has 0 heterocycles. The second-order valence-corrected chi connectivity index (χ2v) is 4.39. The molecule has 0 saturated heterocycles. The van der Waals surface area contributed by atoms with Crippen molar-refractivity contribution in [3.05, 3.63) is 70.0 Å². The highest BCUT2D eigenvalue weighted by Gasteiger charge is 2.13. The minimum absolute atomic E-state index is 0.354. The average Bonchev–Trinajstić information content (AvgIpc) is 2.28. The number of rotatable bonds is 2. The molecular formula is C14H12ClFO. The normalized spacial score (nSPS) is 12.5. The van der Waals surface area contributed by atoms with Gasteiger partial charge in [0.2, 0.25) is 0 Å². The molecule has 0 amide bonds. The maximum atomic E-state index is 13.1. The molecule has 0 saturated carbocycles. The van der Waals surface area contributed by atoms with Gasteiger partial charge >= 0.3 is 0 Å². The zero-order chi connectivity index (χ0) is 12.4. The monoisotopic (exact) mass is 250 g/mol. The summed E-state index contributed by atoms with van der Waals surface area (Å²) in [4.78, 5) is 0. The zero-order valence-electron chi connectivity index (χ0n) is 9.32. The van der Waals surface area contributed by atoms with E-state index in [9.17, 15) is 9.50 Å². The summed E-state index contributed by atoms with van der Waals surface area (Å²) in [6, 6.07) is 11.2. The van der Waals surface area contributed by atoms with Gasteiger partial charge in [-0.05, 0) is 47.9 Å². The fraction of sp³-hybridized carbons (Fsp3) is 0.143. The molecule has 0 bridgehead atoms. The maximum Gasteiger partial charge on any atom is 0.123 e. The van der Waals surface area contributed by atoms with Crippen LogP contribution in [0.4, 0.5) is 4.39 Å². The largest absolute Gasteiger partial charge is 0.384 e. The molecule has 1 nitrogen and oxygen atoms in total. The van der Waals surface area contributed by atoms with Crippen LogP contribution in [-0.2, 0) is 0 Å². The summed E-state index contributed by atoms with van der Waals surface area (Å²) in [5.74, 6) is -0.354. The predicted octanol–water partition coefficient (Wildman–Crippen LogP) is 3.87. The van der Waals surface area contributed by atoms with Gasteiger partial charge in [-0.2, -0.15) is 0 Å². The third-order valence-corrected chi connectivity index (χ3v) is 2.93. The SMILES string of the molecule is Cc1cc(Cl)ccc1C(O)c1cccc(F)c1. The number of aliphatic hydroxyl groups excluding tert-OH is 1. The molecule has 1 unspecified atom stereocenters. The first-order valence-electron chi connectivity index (χ1n) is 5.27. The van der Waals surface area contributed by atoms with E-state index in [1.165, 1.54) is 12.1 Å². The van der Waals surface area contributed by atoms with Gasteiger partial charge in [-0.1, -0.05) is 29.8 Å². The van der Waals surface area contributed by atoms with E-state index in [1.807, 2.05) is 6.92 Å². The third kappa shape index (κ3) is 2.65. The molecule has 3 heteroatoms. The van der Waals surface area contributed by atoms with Gasteiger partial charge < -0.3 is 5.11 Å². The summed E-state index contributed by atoms with van der Waals surface area (Å²) in [5.41, 5.74) is 2.16. The lowest BCUT2D eigenvalue weighted by Gasteiger charge is -2.14. The van der Waals surface area contributed by atoms with Crippen LogP contribution in [-0.4, -0.2) is 5.11 Å². The van der Waals surface area contributed by atoms with Crippen molar-refractivity contribution in [3.63, 3.8) is 0 Å². The summed E-state index contributed by atoms with van der Waals surface area (Å²) < 4.78 is 13.1. The molecule has 0 fully saturated rings. The van der Waals surface area contributed by atoms with Crippen molar-refractivity contribution in [2.75, 3.05) is 0 Å². The molecule has 0 aliphatic carbocycles. The van der Waals surface area contributed by atoms with E-state index in [0.717, 1.165) is 11.1 Å². The summed E-state index contributed by atoms with van der Waals surface area (Å²) >= 11 is 5.85. The highest BCUT2D eigenvalue weighted by molar-refractivity contribution is 6.30. The fourth-order valence-electron chi connectivity index (χ4n) is 1.80. The molecule has 0 radical (unpaired) electrons. The van der Waals surface area contributed by atoms with Crippen molar-refractivity contribution >= 4 is 11.6 Å². The van der Waals surface area contributed by atoms with Gasteiger partial charge in [0.1, 0.15) is 11.9 Å². The van der Waals surface area contributed by atoms with Crippen LogP contribution >= 0.6 is 11.6 Å². The Morgan fingerprint density at radius 2 is 1.94 bits per heavy atom. The van der Waals surface area contributed by atoms with Crippen LogP contribution in [0, 0.1) is 12.7 Å². The highest BCUT2D eigenvalue weighted by atomic mass is 35.5. The van der Waals surface area contributed by atoms with Crippen molar-refractivity contribution in [1.82, 2.24) is 0 Å². The number of benzene rings is 2. The van der Waals surface area contributed by atoms with Crippen LogP contribution in [0.25, 0.3) is 0 Å². The number of halogens is 2. The number of hydrogen-bond donors (Lipinski definition) is 1. The summed E-state index contributed by atoms with van der Waals surface area (Å²) in [7, 11) is 0. The molecule has 0 aliphatic heterocycles. The van der Waals surface area contributed by atoms with E-state index in [1.54, 1.807) is 30.3 Å². The van der Waals surface area contributed by atoms with Crippen LogP contribution in [0.3, 0.4) is 0 Å². The van der Waals surface area contributed by atoms with E-state index in [0.29, 0.717) is 10.6 Å². The van der Waals surface area contributed by atoms with Crippen LogP contribution < -0.4 is 0 Å². The topological polar surface area (TPSA) is 20.2 Å². The molecular weight excluding hydrogens is 239 g/mol. The van der Waals surface area contributed by atoms with Crippen molar-refractivity contribution < 1.29 is 9.50 Å². The molecule has 17 heavy (non-hydrogen) atoms. The van der Waals surface area contributed by atoms with E-state index in [-0.39, 0.29) is 5.82 Å². The number of aryl methyl sites for hydroxylation is 1. The smallest absolute Gasteiger partial charge is 0.123 e. The van der Waals surface area contributed by atoms with E-state index < -0.39 is 6.10 Å². The van der Waals surface area contributed by atoms with Crippen LogP contribution in [0.2, 0.25) is 5.02 Å². The van der Waals surface area contributed by atoms with Crippen LogP contribution in [0.15, 0.2) is 42.5 Å². The Morgan fingerprint density at radius 1 is 1.18 bits per heavy atom. The number of hydrogen-bond acceptors (Lipinski definition) is 1. The molecule has 1 N–H and O–H groups in total. The van der Waals surface area contributed by atoms with Crippen molar-refractivity contribution in [2.45, 2.75) is 13.0 Å². The first-order chi connectivity index (χ1) is 8.08. The lowest BCUT2D eigenvalue weighted by Crippen LogP contribution is -2.02. The molecule has 0 aliphatic rings. The van der Waals surface area contributed by atoms with Gasteiger partial charge in [0.15, 0.2) is 0 Å². The molecule has 0 aromatic heterocycles. The highest BCUT2D eigenvalue weighted by Crippen LogP contribution is 2.26. The second-order valence-electron chi connectivity index (χ2n) is 3.96. The van der Waals surface area contributed by atoms with E-state index in [4.69, 9.17) is 11.6 Å². The van der Waals surface area contributed by atoms with Crippen molar-refractivity contribution in [1.29, 1.82) is 0 Å². The Hall–Kier alpha value is -1.38. The summed E-state index contributed by atoms with van der Waals surface area (Å²) in [6.07, 6.45) is -0.831. The van der Waals surface area contributed by atoms with Crippen molar-refractivity contribution in [2.24, 2.45) is 0 Å². The van der Waals surface area contributed by atoms with Gasteiger partial charge in [0.25, 0.3) is 0 Å².